The molecule has 0 bridgehead atoms. The summed E-state index contributed by atoms with van der Waals surface area (Å²) in [6, 6.07) is 1.72. The number of hydrogen-bond acceptors (Lipinski definition) is 6. The number of aromatic nitrogens is 1. The van der Waals surface area contributed by atoms with Crippen LogP contribution in [-0.2, 0) is 9.53 Å². The number of aryl methyl sites for hydroxylation is 1. The Labute approximate surface area is 161 Å². The molecule has 2 aromatic heterocycles. The molecule has 0 unspecified atom stereocenters. The van der Waals surface area contributed by atoms with Gasteiger partial charge in [-0.25, -0.2) is 0 Å². The summed E-state index contributed by atoms with van der Waals surface area (Å²) in [5.41, 5.74) is 2.56. The van der Waals surface area contributed by atoms with Crippen LogP contribution in [0.1, 0.15) is 62.2 Å². The minimum Gasteiger partial charge on any atom is -0.457 e. The van der Waals surface area contributed by atoms with Crippen LogP contribution < -0.4 is 5.32 Å². The molecule has 0 radical (unpaired) electrons. The van der Waals surface area contributed by atoms with Gasteiger partial charge in [0, 0.05) is 35.2 Å². The van der Waals surface area contributed by atoms with E-state index < -0.39 is 12.6 Å². The molecule has 1 amide bonds. The highest BCUT2D eigenvalue weighted by Crippen LogP contribution is 2.19. The molecule has 0 aromatic carbocycles. The van der Waals surface area contributed by atoms with Crippen LogP contribution in [0.2, 0.25) is 0 Å². The molecule has 2 rings (SSSR count). The predicted octanol–water partition coefficient (Wildman–Crippen LogP) is 2.83. The SMILES string of the molecule is CC(=O)c1c(C)[nH]c(C(=O)COC(=O)CCCNC(=O)c2ccsc2)c1C. The monoisotopic (exact) mass is 390 g/mol. The van der Waals surface area contributed by atoms with E-state index in [9.17, 15) is 19.2 Å². The summed E-state index contributed by atoms with van der Waals surface area (Å²) in [5.74, 6) is -1.21. The van der Waals surface area contributed by atoms with Crippen LogP contribution in [0.25, 0.3) is 0 Å². The Kier molecular flexibility index (Phi) is 7.06. The number of carbonyl (C=O) groups excluding carboxylic acids is 4. The molecule has 0 spiro atoms. The van der Waals surface area contributed by atoms with Gasteiger partial charge in [0.1, 0.15) is 0 Å². The first-order chi connectivity index (χ1) is 12.8. The average molecular weight is 390 g/mol. The maximum absolute atomic E-state index is 12.2. The van der Waals surface area contributed by atoms with Crippen molar-refractivity contribution in [3.63, 3.8) is 0 Å². The summed E-state index contributed by atoms with van der Waals surface area (Å²) >= 11 is 1.44. The van der Waals surface area contributed by atoms with Gasteiger partial charge >= 0.3 is 5.97 Å². The average Bonchev–Trinajstić information content (AvgIpc) is 3.24. The molecule has 2 heterocycles. The number of rotatable bonds is 9. The molecule has 0 saturated heterocycles. The molecule has 27 heavy (non-hydrogen) atoms. The number of nitrogens with one attached hydrogen (secondary N) is 2. The molecule has 8 heteroatoms. The van der Waals surface area contributed by atoms with Crippen molar-refractivity contribution in [2.75, 3.05) is 13.2 Å². The van der Waals surface area contributed by atoms with Gasteiger partial charge in [0.05, 0.1) is 5.69 Å². The lowest BCUT2D eigenvalue weighted by Gasteiger charge is -2.05. The highest BCUT2D eigenvalue weighted by molar-refractivity contribution is 7.08. The van der Waals surface area contributed by atoms with Crippen molar-refractivity contribution < 1.29 is 23.9 Å². The molecule has 0 atom stereocenters. The topological polar surface area (TPSA) is 105 Å². The number of esters is 1. The lowest BCUT2D eigenvalue weighted by molar-refractivity contribution is -0.142. The Bertz CT molecular complexity index is 852. The van der Waals surface area contributed by atoms with E-state index in [4.69, 9.17) is 4.74 Å². The quantitative estimate of drug-likeness (QED) is 0.389. The van der Waals surface area contributed by atoms with E-state index in [0.29, 0.717) is 35.3 Å². The summed E-state index contributed by atoms with van der Waals surface area (Å²) in [6.45, 7) is 4.80. The number of ether oxygens (including phenoxy) is 1. The van der Waals surface area contributed by atoms with Gasteiger partial charge in [-0.3, -0.25) is 19.2 Å². The molecule has 2 aromatic rings. The van der Waals surface area contributed by atoms with E-state index in [0.717, 1.165) is 0 Å². The first-order valence-corrected chi connectivity index (χ1v) is 9.44. The molecule has 144 valence electrons. The van der Waals surface area contributed by atoms with E-state index >= 15 is 0 Å². The smallest absolute Gasteiger partial charge is 0.306 e. The fourth-order valence-electron chi connectivity index (χ4n) is 2.78. The van der Waals surface area contributed by atoms with Crippen LogP contribution in [0, 0.1) is 13.8 Å². The van der Waals surface area contributed by atoms with E-state index in [1.807, 2.05) is 5.38 Å². The zero-order valence-electron chi connectivity index (χ0n) is 15.5. The van der Waals surface area contributed by atoms with Gasteiger partial charge in [-0.1, -0.05) is 0 Å². The molecule has 7 nitrogen and oxygen atoms in total. The Hall–Kier alpha value is -2.74. The van der Waals surface area contributed by atoms with Crippen LogP contribution >= 0.6 is 11.3 Å². The van der Waals surface area contributed by atoms with Crippen LogP contribution in [-0.4, -0.2) is 41.6 Å². The van der Waals surface area contributed by atoms with E-state index in [1.54, 1.807) is 25.3 Å². The second-order valence-corrected chi connectivity index (χ2v) is 6.92. The molecule has 0 aliphatic carbocycles. The Morgan fingerprint density at radius 1 is 1.22 bits per heavy atom. The van der Waals surface area contributed by atoms with Crippen molar-refractivity contribution in [3.8, 4) is 0 Å². The van der Waals surface area contributed by atoms with Gasteiger partial charge in [-0.15, -0.1) is 0 Å². The van der Waals surface area contributed by atoms with E-state index in [1.165, 1.54) is 18.3 Å². The number of H-pyrrole nitrogens is 1. The summed E-state index contributed by atoms with van der Waals surface area (Å²) in [7, 11) is 0. The van der Waals surface area contributed by atoms with Crippen molar-refractivity contribution in [1.82, 2.24) is 10.3 Å². The molecule has 2 N–H and O–H groups in total. The standard InChI is InChI=1S/C19H22N2O5S/c1-11-17(13(3)22)12(2)21-18(11)15(23)9-26-16(24)5-4-7-20-19(25)14-6-8-27-10-14/h6,8,10,21H,4-5,7,9H2,1-3H3,(H,20,25). The largest absolute Gasteiger partial charge is 0.457 e. The first-order valence-electron chi connectivity index (χ1n) is 8.50. The number of amides is 1. The van der Waals surface area contributed by atoms with Gasteiger partial charge in [0.25, 0.3) is 5.91 Å². The number of aromatic amines is 1. The molecule has 0 aliphatic rings. The second kappa shape index (κ2) is 9.27. The van der Waals surface area contributed by atoms with Crippen molar-refractivity contribution in [1.29, 1.82) is 0 Å². The first kappa shape index (κ1) is 20.6. The van der Waals surface area contributed by atoms with Crippen molar-refractivity contribution in [2.45, 2.75) is 33.6 Å². The molecule has 0 saturated carbocycles. The third kappa shape index (κ3) is 5.37. The maximum Gasteiger partial charge on any atom is 0.306 e. The predicted molar refractivity (Wildman–Crippen MR) is 101 cm³/mol. The molecular weight excluding hydrogens is 368 g/mol. The molecule has 0 aliphatic heterocycles. The fourth-order valence-corrected chi connectivity index (χ4v) is 3.41. The summed E-state index contributed by atoms with van der Waals surface area (Å²) in [5, 5.41) is 6.28. The Morgan fingerprint density at radius 2 is 1.96 bits per heavy atom. The number of thiophene rings is 1. The zero-order valence-corrected chi connectivity index (χ0v) is 16.3. The number of Topliss-reactive ketones (excluding diaryl/α,β-unsaturated/α-hetero) is 2. The third-order valence-electron chi connectivity index (χ3n) is 4.06. The lowest BCUT2D eigenvalue weighted by Crippen LogP contribution is -2.24. The second-order valence-electron chi connectivity index (χ2n) is 6.14. The van der Waals surface area contributed by atoms with Crippen LogP contribution in [0.5, 0.6) is 0 Å². The maximum atomic E-state index is 12.2. The highest BCUT2D eigenvalue weighted by Gasteiger charge is 2.20. The van der Waals surface area contributed by atoms with Crippen molar-refractivity contribution in [2.24, 2.45) is 0 Å². The fraction of sp³-hybridized carbons (Fsp3) is 0.368. The lowest BCUT2D eigenvalue weighted by atomic mass is 10.1. The number of hydrogen-bond donors (Lipinski definition) is 2. The molecular formula is C19H22N2O5S. The minimum atomic E-state index is -0.513. The number of ketones is 2. The number of carbonyl (C=O) groups is 4. The summed E-state index contributed by atoms with van der Waals surface area (Å²) in [4.78, 5) is 50.2. The zero-order chi connectivity index (χ0) is 20.0. The Balaban J connectivity index is 1.74. The van der Waals surface area contributed by atoms with Gasteiger partial charge in [-0.2, -0.15) is 11.3 Å². The van der Waals surface area contributed by atoms with Crippen molar-refractivity contribution >= 4 is 34.8 Å². The van der Waals surface area contributed by atoms with Gasteiger partial charge in [-0.05, 0) is 44.2 Å². The normalized spacial score (nSPS) is 10.5. The van der Waals surface area contributed by atoms with Gasteiger partial charge in [0.2, 0.25) is 5.78 Å². The van der Waals surface area contributed by atoms with Crippen LogP contribution in [0.15, 0.2) is 16.8 Å². The molecule has 0 fully saturated rings. The summed E-state index contributed by atoms with van der Waals surface area (Å²) < 4.78 is 5.00. The van der Waals surface area contributed by atoms with Crippen LogP contribution in [0.3, 0.4) is 0 Å². The van der Waals surface area contributed by atoms with Gasteiger partial charge in [0.15, 0.2) is 12.4 Å². The van der Waals surface area contributed by atoms with Gasteiger partial charge < -0.3 is 15.0 Å². The van der Waals surface area contributed by atoms with E-state index in [2.05, 4.69) is 10.3 Å². The summed E-state index contributed by atoms with van der Waals surface area (Å²) in [6.07, 6.45) is 0.511. The Morgan fingerprint density at radius 3 is 2.56 bits per heavy atom. The third-order valence-corrected chi connectivity index (χ3v) is 4.74. The van der Waals surface area contributed by atoms with E-state index in [-0.39, 0.29) is 29.6 Å². The van der Waals surface area contributed by atoms with Crippen LogP contribution in [0.4, 0.5) is 0 Å². The van der Waals surface area contributed by atoms with Crippen molar-refractivity contribution in [3.05, 3.63) is 44.9 Å². The minimum absolute atomic E-state index is 0.0959. The highest BCUT2D eigenvalue weighted by atomic mass is 32.1.